The zero-order valence-electron chi connectivity index (χ0n) is 15.0. The van der Waals surface area contributed by atoms with Crippen molar-refractivity contribution in [2.75, 3.05) is 51.3 Å². The Morgan fingerprint density at radius 2 is 1.73 bits per heavy atom. The smallest absolute Gasteiger partial charge is 0.138 e. The van der Waals surface area contributed by atoms with Crippen molar-refractivity contribution in [2.45, 2.75) is 6.10 Å². The molecule has 140 valence electrons. The van der Waals surface area contributed by atoms with Crippen molar-refractivity contribution >= 4 is 17.3 Å². The molecular weight excluding hydrogens is 352 g/mol. The molecule has 0 unspecified atom stereocenters. The van der Waals surface area contributed by atoms with E-state index >= 15 is 0 Å². The van der Waals surface area contributed by atoms with Crippen LogP contribution in [-0.4, -0.2) is 62.6 Å². The highest BCUT2D eigenvalue weighted by molar-refractivity contribution is 6.32. The number of hydrogen-bond donors (Lipinski definition) is 1. The summed E-state index contributed by atoms with van der Waals surface area (Å²) in [5.74, 6) is 1.48. The van der Waals surface area contributed by atoms with E-state index in [4.69, 9.17) is 21.1 Å². The van der Waals surface area contributed by atoms with E-state index in [9.17, 15) is 5.11 Å². The molecule has 0 bridgehead atoms. The summed E-state index contributed by atoms with van der Waals surface area (Å²) in [6, 6.07) is 15.4. The van der Waals surface area contributed by atoms with E-state index in [2.05, 4.69) is 21.9 Å². The van der Waals surface area contributed by atoms with Crippen LogP contribution in [0.1, 0.15) is 0 Å². The van der Waals surface area contributed by atoms with Gasteiger partial charge < -0.3 is 19.5 Å². The molecule has 0 spiro atoms. The van der Waals surface area contributed by atoms with E-state index in [1.807, 2.05) is 30.3 Å². The van der Waals surface area contributed by atoms with Gasteiger partial charge in [0.05, 0.1) is 12.1 Å². The maximum atomic E-state index is 10.3. The molecule has 0 saturated carbocycles. The second-order valence-electron chi connectivity index (χ2n) is 6.38. The van der Waals surface area contributed by atoms with Crippen molar-refractivity contribution in [1.82, 2.24) is 4.90 Å². The molecule has 6 heteroatoms. The van der Waals surface area contributed by atoms with Gasteiger partial charge in [-0.3, -0.25) is 4.90 Å². The molecule has 2 aromatic carbocycles. The van der Waals surface area contributed by atoms with Crippen LogP contribution in [0.4, 0.5) is 5.69 Å². The number of methoxy groups -OCH3 is 1. The lowest BCUT2D eigenvalue weighted by Crippen LogP contribution is -2.49. The Morgan fingerprint density at radius 1 is 1.04 bits per heavy atom. The Bertz CT molecular complexity index is 688. The number of piperazine rings is 1. The fraction of sp³-hybridized carbons (Fsp3) is 0.400. The third-order valence-electron chi connectivity index (χ3n) is 4.55. The average molecular weight is 377 g/mol. The van der Waals surface area contributed by atoms with Gasteiger partial charge in [0.2, 0.25) is 0 Å². The third kappa shape index (κ3) is 5.04. The van der Waals surface area contributed by atoms with E-state index in [0.717, 1.165) is 31.9 Å². The summed E-state index contributed by atoms with van der Waals surface area (Å²) in [7, 11) is 1.68. The highest BCUT2D eigenvalue weighted by Crippen LogP contribution is 2.23. The van der Waals surface area contributed by atoms with Crippen LogP contribution in [0.5, 0.6) is 11.5 Å². The van der Waals surface area contributed by atoms with Crippen LogP contribution in [-0.2, 0) is 0 Å². The Hall–Kier alpha value is -1.95. The molecule has 1 aliphatic heterocycles. The van der Waals surface area contributed by atoms with E-state index in [-0.39, 0.29) is 6.61 Å². The lowest BCUT2D eigenvalue weighted by Gasteiger charge is -2.36. The lowest BCUT2D eigenvalue weighted by molar-refractivity contribution is 0.0663. The Morgan fingerprint density at radius 3 is 2.38 bits per heavy atom. The van der Waals surface area contributed by atoms with Gasteiger partial charge in [0.1, 0.15) is 24.2 Å². The SMILES string of the molecule is COc1ccc(N2CCN(C[C@H](O)COc3ccccc3Cl)CC2)cc1. The molecule has 1 fully saturated rings. The summed E-state index contributed by atoms with van der Waals surface area (Å²) in [6.07, 6.45) is -0.543. The van der Waals surface area contributed by atoms with Gasteiger partial charge >= 0.3 is 0 Å². The average Bonchev–Trinajstić information content (AvgIpc) is 2.68. The van der Waals surface area contributed by atoms with Gasteiger partial charge in [-0.2, -0.15) is 0 Å². The minimum absolute atomic E-state index is 0.239. The summed E-state index contributed by atoms with van der Waals surface area (Å²) < 4.78 is 10.8. The number of ether oxygens (including phenoxy) is 2. The Labute approximate surface area is 159 Å². The molecule has 1 saturated heterocycles. The van der Waals surface area contributed by atoms with Gasteiger partial charge in [-0.15, -0.1) is 0 Å². The fourth-order valence-corrected chi connectivity index (χ4v) is 3.27. The summed E-state index contributed by atoms with van der Waals surface area (Å²) in [5, 5.41) is 10.8. The summed E-state index contributed by atoms with van der Waals surface area (Å²) >= 11 is 6.06. The first kappa shape index (κ1) is 18.8. The normalized spacial score (nSPS) is 16.3. The largest absolute Gasteiger partial charge is 0.497 e. The van der Waals surface area contributed by atoms with Gasteiger partial charge in [-0.1, -0.05) is 23.7 Å². The zero-order valence-corrected chi connectivity index (χ0v) is 15.7. The molecule has 5 nitrogen and oxygen atoms in total. The molecule has 1 heterocycles. The molecule has 26 heavy (non-hydrogen) atoms. The second kappa shape index (κ2) is 9.12. The number of benzene rings is 2. The van der Waals surface area contributed by atoms with Gasteiger partial charge in [0.25, 0.3) is 0 Å². The monoisotopic (exact) mass is 376 g/mol. The number of anilines is 1. The van der Waals surface area contributed by atoms with Crippen LogP contribution in [0.15, 0.2) is 48.5 Å². The van der Waals surface area contributed by atoms with Crippen LogP contribution >= 0.6 is 11.6 Å². The zero-order chi connectivity index (χ0) is 18.4. The van der Waals surface area contributed by atoms with E-state index < -0.39 is 6.10 Å². The van der Waals surface area contributed by atoms with Crippen molar-refractivity contribution in [3.63, 3.8) is 0 Å². The lowest BCUT2D eigenvalue weighted by atomic mass is 10.2. The van der Waals surface area contributed by atoms with Gasteiger partial charge in [-0.25, -0.2) is 0 Å². The van der Waals surface area contributed by atoms with Crippen molar-refractivity contribution < 1.29 is 14.6 Å². The minimum Gasteiger partial charge on any atom is -0.497 e. The van der Waals surface area contributed by atoms with Crippen LogP contribution in [0, 0.1) is 0 Å². The van der Waals surface area contributed by atoms with Gasteiger partial charge in [0, 0.05) is 38.4 Å². The molecule has 0 aliphatic carbocycles. The molecule has 3 rings (SSSR count). The summed E-state index contributed by atoms with van der Waals surface area (Å²) in [6.45, 7) is 4.53. The summed E-state index contributed by atoms with van der Waals surface area (Å²) in [5.41, 5.74) is 1.20. The second-order valence-corrected chi connectivity index (χ2v) is 6.79. The maximum Gasteiger partial charge on any atom is 0.138 e. The van der Waals surface area contributed by atoms with E-state index in [1.165, 1.54) is 5.69 Å². The van der Waals surface area contributed by atoms with E-state index in [0.29, 0.717) is 17.3 Å². The molecule has 2 aromatic rings. The molecular formula is C20H25ClN2O3. The number of β-amino-alcohol motifs (C(OH)–C–C–N with tert-alkyl or cyclic N) is 1. The molecule has 1 aliphatic rings. The Kier molecular flexibility index (Phi) is 6.61. The van der Waals surface area contributed by atoms with Crippen molar-refractivity contribution in [3.05, 3.63) is 53.6 Å². The van der Waals surface area contributed by atoms with Crippen molar-refractivity contribution in [3.8, 4) is 11.5 Å². The van der Waals surface area contributed by atoms with Crippen LogP contribution in [0.2, 0.25) is 5.02 Å². The topological polar surface area (TPSA) is 45.2 Å². The number of rotatable bonds is 7. The van der Waals surface area contributed by atoms with Gasteiger partial charge in [-0.05, 0) is 36.4 Å². The number of aliphatic hydroxyl groups excluding tert-OH is 1. The Balaban J connectivity index is 1.42. The number of hydrogen-bond acceptors (Lipinski definition) is 5. The highest BCUT2D eigenvalue weighted by atomic mass is 35.5. The summed E-state index contributed by atoms with van der Waals surface area (Å²) in [4.78, 5) is 4.61. The third-order valence-corrected chi connectivity index (χ3v) is 4.86. The quantitative estimate of drug-likeness (QED) is 0.805. The van der Waals surface area contributed by atoms with Gasteiger partial charge in [0.15, 0.2) is 0 Å². The molecule has 0 amide bonds. The predicted octanol–water partition coefficient (Wildman–Crippen LogP) is 2.91. The number of para-hydroxylation sites is 1. The first-order chi connectivity index (χ1) is 12.7. The van der Waals surface area contributed by atoms with E-state index in [1.54, 1.807) is 13.2 Å². The molecule has 1 atom stereocenters. The standard InChI is InChI=1S/C20H25ClN2O3/c1-25-18-8-6-16(7-9-18)23-12-10-22(11-13-23)14-17(24)15-26-20-5-3-2-4-19(20)21/h2-9,17,24H,10-15H2,1H3/t17-/m0/s1. The first-order valence-corrected chi connectivity index (χ1v) is 9.20. The highest BCUT2D eigenvalue weighted by Gasteiger charge is 2.20. The molecule has 0 aromatic heterocycles. The number of nitrogens with zero attached hydrogens (tertiary/aromatic N) is 2. The van der Waals surface area contributed by atoms with Crippen molar-refractivity contribution in [1.29, 1.82) is 0 Å². The number of halogens is 1. The van der Waals surface area contributed by atoms with Crippen LogP contribution in [0.3, 0.4) is 0 Å². The van der Waals surface area contributed by atoms with Crippen molar-refractivity contribution in [2.24, 2.45) is 0 Å². The van der Waals surface area contributed by atoms with Crippen LogP contribution in [0.25, 0.3) is 0 Å². The predicted molar refractivity (Wildman–Crippen MR) is 105 cm³/mol. The number of aliphatic hydroxyl groups is 1. The van der Waals surface area contributed by atoms with Crippen LogP contribution < -0.4 is 14.4 Å². The molecule has 1 N–H and O–H groups in total. The minimum atomic E-state index is -0.543. The molecule has 0 radical (unpaired) electrons. The maximum absolute atomic E-state index is 10.3. The first-order valence-electron chi connectivity index (χ1n) is 8.82. The fourth-order valence-electron chi connectivity index (χ4n) is 3.08.